The first-order valence-corrected chi connectivity index (χ1v) is 6.19. The van der Waals surface area contributed by atoms with Gasteiger partial charge in [-0.2, -0.15) is 0 Å². The standard InChI is InChI=1S/C12H11ClN2O5/c1-20-12(17)9-3-2-8(15(18)19)5-10(9)14-6-7(13)4-11(14)16/h2-3,5,7H,4,6H2,1H3. The molecule has 0 N–H and O–H groups in total. The lowest BCUT2D eigenvalue weighted by atomic mass is 10.1. The van der Waals surface area contributed by atoms with Crippen molar-refractivity contribution in [1.29, 1.82) is 0 Å². The van der Waals surface area contributed by atoms with E-state index in [1.54, 1.807) is 0 Å². The van der Waals surface area contributed by atoms with Crippen molar-refractivity contribution in [2.75, 3.05) is 18.6 Å². The molecule has 7 nitrogen and oxygen atoms in total. The molecule has 1 amide bonds. The molecule has 0 saturated carbocycles. The molecule has 0 bridgehead atoms. The fourth-order valence-electron chi connectivity index (χ4n) is 2.04. The van der Waals surface area contributed by atoms with Crippen molar-refractivity contribution < 1.29 is 19.2 Å². The highest BCUT2D eigenvalue weighted by atomic mass is 35.5. The van der Waals surface area contributed by atoms with Gasteiger partial charge in [0.25, 0.3) is 5.69 Å². The summed E-state index contributed by atoms with van der Waals surface area (Å²) in [6, 6.07) is 3.64. The van der Waals surface area contributed by atoms with Crippen LogP contribution in [0.3, 0.4) is 0 Å². The van der Waals surface area contributed by atoms with E-state index in [-0.39, 0.29) is 41.2 Å². The number of halogens is 1. The van der Waals surface area contributed by atoms with Crippen LogP contribution in [0.4, 0.5) is 11.4 Å². The third kappa shape index (κ3) is 2.57. The molecular weight excluding hydrogens is 288 g/mol. The minimum Gasteiger partial charge on any atom is -0.465 e. The van der Waals surface area contributed by atoms with E-state index in [4.69, 9.17) is 11.6 Å². The lowest BCUT2D eigenvalue weighted by Gasteiger charge is -2.18. The predicted molar refractivity (Wildman–Crippen MR) is 71.0 cm³/mol. The lowest BCUT2D eigenvalue weighted by Crippen LogP contribution is -2.27. The van der Waals surface area contributed by atoms with Gasteiger partial charge in [0.15, 0.2) is 0 Å². The Morgan fingerprint density at radius 2 is 2.25 bits per heavy atom. The van der Waals surface area contributed by atoms with Gasteiger partial charge in [-0.05, 0) is 6.07 Å². The number of methoxy groups -OCH3 is 1. The summed E-state index contributed by atoms with van der Waals surface area (Å²) < 4.78 is 4.62. The normalized spacial score (nSPS) is 18.2. The first-order chi connectivity index (χ1) is 9.43. The molecule has 1 aliphatic heterocycles. The van der Waals surface area contributed by atoms with E-state index in [9.17, 15) is 19.7 Å². The number of alkyl halides is 1. The van der Waals surface area contributed by atoms with E-state index >= 15 is 0 Å². The SMILES string of the molecule is COC(=O)c1ccc([N+](=O)[O-])cc1N1CC(Cl)CC1=O. The second-order valence-electron chi connectivity index (χ2n) is 4.26. The van der Waals surface area contributed by atoms with Crippen LogP contribution in [0.5, 0.6) is 0 Å². The van der Waals surface area contributed by atoms with E-state index in [0.29, 0.717) is 0 Å². The van der Waals surface area contributed by atoms with Crippen molar-refractivity contribution in [2.24, 2.45) is 0 Å². The Balaban J connectivity index is 2.52. The van der Waals surface area contributed by atoms with Crippen LogP contribution < -0.4 is 4.90 Å². The van der Waals surface area contributed by atoms with Crippen LogP contribution in [0.15, 0.2) is 18.2 Å². The molecule has 1 fully saturated rings. The third-order valence-electron chi connectivity index (χ3n) is 2.97. The first-order valence-electron chi connectivity index (χ1n) is 5.75. The summed E-state index contributed by atoms with van der Waals surface area (Å²) >= 11 is 5.91. The summed E-state index contributed by atoms with van der Waals surface area (Å²) in [5, 5.41) is 10.4. The molecule has 20 heavy (non-hydrogen) atoms. The van der Waals surface area contributed by atoms with Crippen molar-refractivity contribution in [3.8, 4) is 0 Å². The zero-order chi connectivity index (χ0) is 14.9. The van der Waals surface area contributed by atoms with Crippen LogP contribution in [0.25, 0.3) is 0 Å². The quantitative estimate of drug-likeness (QED) is 0.367. The Kier molecular flexibility index (Phi) is 3.89. The van der Waals surface area contributed by atoms with Crippen molar-refractivity contribution >= 4 is 34.9 Å². The Hall–Kier alpha value is -2.15. The molecule has 2 rings (SSSR count). The number of esters is 1. The van der Waals surface area contributed by atoms with Crippen molar-refractivity contribution in [2.45, 2.75) is 11.8 Å². The summed E-state index contributed by atoms with van der Waals surface area (Å²) in [7, 11) is 1.20. The Morgan fingerprint density at radius 3 is 2.75 bits per heavy atom. The number of nitro groups is 1. The molecule has 1 saturated heterocycles. The van der Waals surface area contributed by atoms with Gasteiger partial charge in [0.05, 0.1) is 28.7 Å². The fraction of sp³-hybridized carbons (Fsp3) is 0.333. The van der Waals surface area contributed by atoms with Crippen LogP contribution in [0, 0.1) is 10.1 Å². The smallest absolute Gasteiger partial charge is 0.339 e. The van der Waals surface area contributed by atoms with Gasteiger partial charge in [0.1, 0.15) is 0 Å². The Labute approximate surface area is 119 Å². The van der Waals surface area contributed by atoms with E-state index in [1.807, 2.05) is 0 Å². The number of anilines is 1. The van der Waals surface area contributed by atoms with Crippen LogP contribution in [0.1, 0.15) is 16.8 Å². The highest BCUT2D eigenvalue weighted by Gasteiger charge is 2.32. The van der Waals surface area contributed by atoms with Gasteiger partial charge in [0, 0.05) is 25.1 Å². The van der Waals surface area contributed by atoms with E-state index < -0.39 is 10.9 Å². The second kappa shape index (κ2) is 5.46. The number of ether oxygens (including phenoxy) is 1. The number of amides is 1. The highest BCUT2D eigenvalue weighted by molar-refractivity contribution is 6.24. The molecule has 8 heteroatoms. The molecule has 1 aromatic rings. The molecule has 1 heterocycles. The number of non-ortho nitro benzene ring substituents is 1. The minimum atomic E-state index is -0.666. The lowest BCUT2D eigenvalue weighted by molar-refractivity contribution is -0.384. The van der Waals surface area contributed by atoms with E-state index in [0.717, 1.165) is 0 Å². The van der Waals surface area contributed by atoms with Gasteiger partial charge < -0.3 is 9.64 Å². The van der Waals surface area contributed by atoms with Crippen LogP contribution in [-0.2, 0) is 9.53 Å². The summed E-state index contributed by atoms with van der Waals surface area (Å²) in [6.07, 6.45) is 0.130. The van der Waals surface area contributed by atoms with Gasteiger partial charge in [-0.3, -0.25) is 14.9 Å². The molecule has 1 aliphatic rings. The monoisotopic (exact) mass is 298 g/mol. The topological polar surface area (TPSA) is 89.8 Å². The summed E-state index contributed by atoms with van der Waals surface area (Å²) in [6.45, 7) is 0.200. The molecule has 0 radical (unpaired) electrons. The van der Waals surface area contributed by atoms with Crippen molar-refractivity contribution in [3.05, 3.63) is 33.9 Å². The second-order valence-corrected chi connectivity index (χ2v) is 4.87. The third-order valence-corrected chi connectivity index (χ3v) is 3.26. The number of nitro benzene ring substituents is 1. The molecule has 1 aromatic carbocycles. The maximum atomic E-state index is 11.8. The van der Waals surface area contributed by atoms with Crippen LogP contribution in [0.2, 0.25) is 0 Å². The number of hydrogen-bond donors (Lipinski definition) is 0. The van der Waals surface area contributed by atoms with Crippen molar-refractivity contribution in [3.63, 3.8) is 0 Å². The molecule has 0 aliphatic carbocycles. The maximum Gasteiger partial charge on any atom is 0.339 e. The fourth-order valence-corrected chi connectivity index (χ4v) is 2.31. The van der Waals surface area contributed by atoms with Crippen molar-refractivity contribution in [1.82, 2.24) is 0 Å². The van der Waals surface area contributed by atoms with Gasteiger partial charge in [0.2, 0.25) is 5.91 Å². The van der Waals surface area contributed by atoms with Gasteiger partial charge in [-0.1, -0.05) is 0 Å². The van der Waals surface area contributed by atoms with Gasteiger partial charge >= 0.3 is 5.97 Å². The van der Waals surface area contributed by atoms with Crippen LogP contribution >= 0.6 is 11.6 Å². The molecule has 0 aromatic heterocycles. The average molecular weight is 299 g/mol. The number of carbonyl (C=O) groups is 2. The Morgan fingerprint density at radius 1 is 1.55 bits per heavy atom. The van der Waals surface area contributed by atoms with E-state index in [1.165, 1.54) is 30.2 Å². The molecular formula is C12H11ClN2O5. The first kappa shape index (κ1) is 14.3. The van der Waals surface area contributed by atoms with Crippen LogP contribution in [-0.4, -0.2) is 35.8 Å². The summed E-state index contributed by atoms with van der Waals surface area (Å²) in [5.41, 5.74) is 0.0369. The number of hydrogen-bond acceptors (Lipinski definition) is 5. The number of rotatable bonds is 3. The molecule has 1 unspecified atom stereocenters. The number of nitrogens with zero attached hydrogens (tertiary/aromatic N) is 2. The van der Waals surface area contributed by atoms with E-state index in [2.05, 4.69) is 4.74 Å². The predicted octanol–water partition coefficient (Wildman–Crippen LogP) is 1.73. The zero-order valence-corrected chi connectivity index (χ0v) is 11.3. The largest absolute Gasteiger partial charge is 0.465 e. The maximum absolute atomic E-state index is 11.8. The molecule has 1 atom stereocenters. The summed E-state index contributed by atoms with van der Waals surface area (Å²) in [5.74, 6) is -0.948. The highest BCUT2D eigenvalue weighted by Crippen LogP contribution is 2.31. The van der Waals surface area contributed by atoms with Gasteiger partial charge in [-0.25, -0.2) is 4.79 Å². The zero-order valence-electron chi connectivity index (χ0n) is 10.5. The molecule has 106 valence electrons. The Bertz CT molecular complexity index is 589. The number of benzene rings is 1. The number of carbonyl (C=O) groups excluding carboxylic acids is 2. The van der Waals surface area contributed by atoms with Gasteiger partial charge in [-0.15, -0.1) is 11.6 Å². The average Bonchev–Trinajstić information content (AvgIpc) is 2.76. The summed E-state index contributed by atoms with van der Waals surface area (Å²) in [4.78, 5) is 35.1. The molecule has 0 spiro atoms. The minimum absolute atomic E-state index is 0.0946.